The first-order valence-electron chi connectivity index (χ1n) is 8.72. The molecule has 3 aromatic rings. The summed E-state index contributed by atoms with van der Waals surface area (Å²) in [5.74, 6) is 0.355. The minimum atomic E-state index is -1.03. The van der Waals surface area contributed by atoms with Crippen molar-refractivity contribution < 1.29 is 4.79 Å². The number of aromatic amines is 1. The molecular weight excluding hydrogens is 332 g/mol. The number of aromatic nitrogens is 1. The second-order valence-electron chi connectivity index (χ2n) is 7.02. The summed E-state index contributed by atoms with van der Waals surface area (Å²) >= 11 is 6.21. The van der Waals surface area contributed by atoms with Crippen LogP contribution in [0, 0.1) is 5.92 Å². The first-order chi connectivity index (χ1) is 12.0. The molecule has 2 atom stereocenters. The average Bonchev–Trinajstić information content (AvgIpc) is 3.00. The van der Waals surface area contributed by atoms with E-state index in [4.69, 9.17) is 17.3 Å². The third-order valence-electron chi connectivity index (χ3n) is 5.44. The standard InChI is InChI=1S/C21H21ClN2O/c1-2-13-10-17-16-11-15(22)8-9-18(16)24-19(17)21(23,12-13)20(25)14-6-4-3-5-7-14/h3-9,11,13,24H,2,10,12,23H2,1H3. The molecule has 0 spiro atoms. The molecule has 3 N–H and O–H groups in total. The Bertz CT molecular complexity index is 947. The molecule has 0 radical (unpaired) electrons. The number of carbonyl (C=O) groups excluding carboxylic acids is 1. The van der Waals surface area contributed by atoms with Crippen molar-refractivity contribution in [3.63, 3.8) is 0 Å². The summed E-state index contributed by atoms with van der Waals surface area (Å²) in [6, 6.07) is 15.1. The van der Waals surface area contributed by atoms with Crippen molar-refractivity contribution in [1.29, 1.82) is 0 Å². The van der Waals surface area contributed by atoms with Crippen molar-refractivity contribution in [1.82, 2.24) is 4.98 Å². The number of H-pyrrole nitrogens is 1. The van der Waals surface area contributed by atoms with Crippen molar-refractivity contribution in [3.05, 3.63) is 70.4 Å². The summed E-state index contributed by atoms with van der Waals surface area (Å²) in [7, 11) is 0. The van der Waals surface area contributed by atoms with Gasteiger partial charge in [0, 0.05) is 27.2 Å². The van der Waals surface area contributed by atoms with Crippen LogP contribution in [0.15, 0.2) is 48.5 Å². The molecule has 2 aromatic carbocycles. The molecule has 3 nitrogen and oxygen atoms in total. The van der Waals surface area contributed by atoms with Gasteiger partial charge in [-0.1, -0.05) is 55.3 Å². The maximum absolute atomic E-state index is 13.3. The zero-order valence-electron chi connectivity index (χ0n) is 14.2. The topological polar surface area (TPSA) is 58.9 Å². The average molecular weight is 353 g/mol. The Labute approximate surface area is 152 Å². The van der Waals surface area contributed by atoms with Crippen LogP contribution in [0.2, 0.25) is 5.02 Å². The monoisotopic (exact) mass is 352 g/mol. The quantitative estimate of drug-likeness (QED) is 0.663. The van der Waals surface area contributed by atoms with Gasteiger partial charge in [0.05, 0.1) is 0 Å². The maximum Gasteiger partial charge on any atom is 0.188 e. The predicted molar refractivity (Wildman–Crippen MR) is 102 cm³/mol. The lowest BCUT2D eigenvalue weighted by Crippen LogP contribution is -2.49. The van der Waals surface area contributed by atoms with E-state index in [-0.39, 0.29) is 5.78 Å². The summed E-state index contributed by atoms with van der Waals surface area (Å²) < 4.78 is 0. The van der Waals surface area contributed by atoms with Gasteiger partial charge in [-0.05, 0) is 42.5 Å². The van der Waals surface area contributed by atoms with Gasteiger partial charge in [-0.2, -0.15) is 0 Å². The highest BCUT2D eigenvalue weighted by Crippen LogP contribution is 2.43. The van der Waals surface area contributed by atoms with Crippen LogP contribution in [0.5, 0.6) is 0 Å². The molecule has 128 valence electrons. The van der Waals surface area contributed by atoms with Crippen molar-refractivity contribution in [3.8, 4) is 0 Å². The summed E-state index contributed by atoms with van der Waals surface area (Å²) in [6.45, 7) is 2.16. The fraction of sp³-hybridized carbons (Fsp3) is 0.286. The number of halogens is 1. The van der Waals surface area contributed by atoms with Crippen LogP contribution in [0.4, 0.5) is 0 Å². The molecule has 4 rings (SSSR count). The molecule has 0 aliphatic heterocycles. The molecule has 25 heavy (non-hydrogen) atoms. The van der Waals surface area contributed by atoms with Crippen LogP contribution >= 0.6 is 11.6 Å². The summed E-state index contributed by atoms with van der Waals surface area (Å²) in [5, 5.41) is 1.78. The normalized spacial score (nSPS) is 22.8. The van der Waals surface area contributed by atoms with Gasteiger partial charge in [0.1, 0.15) is 5.54 Å². The minimum Gasteiger partial charge on any atom is -0.356 e. The molecule has 1 aliphatic carbocycles. The zero-order chi connectivity index (χ0) is 17.6. The molecule has 0 saturated heterocycles. The van der Waals surface area contributed by atoms with E-state index < -0.39 is 5.54 Å². The Kier molecular flexibility index (Phi) is 3.94. The molecule has 1 aromatic heterocycles. The van der Waals surface area contributed by atoms with Crippen LogP contribution in [0.3, 0.4) is 0 Å². The molecule has 1 heterocycles. The zero-order valence-corrected chi connectivity index (χ0v) is 14.9. The van der Waals surface area contributed by atoms with E-state index in [1.54, 1.807) is 0 Å². The van der Waals surface area contributed by atoms with Crippen molar-refractivity contribution in [2.24, 2.45) is 11.7 Å². The fourth-order valence-electron chi connectivity index (χ4n) is 4.07. The Morgan fingerprint density at radius 2 is 2.04 bits per heavy atom. The highest BCUT2D eigenvalue weighted by Gasteiger charge is 2.45. The van der Waals surface area contributed by atoms with Gasteiger partial charge in [0.25, 0.3) is 0 Å². The number of hydrogen-bond acceptors (Lipinski definition) is 2. The second-order valence-corrected chi connectivity index (χ2v) is 7.45. The first-order valence-corrected chi connectivity index (χ1v) is 9.10. The van der Waals surface area contributed by atoms with E-state index in [0.717, 1.165) is 35.0 Å². The van der Waals surface area contributed by atoms with Gasteiger partial charge in [0.15, 0.2) is 5.78 Å². The van der Waals surface area contributed by atoms with Crippen LogP contribution in [-0.2, 0) is 12.0 Å². The van der Waals surface area contributed by atoms with Gasteiger partial charge in [-0.3, -0.25) is 4.79 Å². The molecule has 4 heteroatoms. The van der Waals surface area contributed by atoms with E-state index in [9.17, 15) is 4.79 Å². The van der Waals surface area contributed by atoms with Crippen LogP contribution < -0.4 is 5.73 Å². The van der Waals surface area contributed by atoms with Crippen LogP contribution in [-0.4, -0.2) is 10.8 Å². The number of ketones is 1. The SMILES string of the molecule is CCC1Cc2c([nH]c3ccc(Cl)cc23)C(N)(C(=O)c2ccccc2)C1. The van der Waals surface area contributed by atoms with Gasteiger partial charge < -0.3 is 10.7 Å². The third kappa shape index (κ3) is 2.59. The number of benzene rings is 2. The van der Waals surface area contributed by atoms with Gasteiger partial charge in [0.2, 0.25) is 0 Å². The molecule has 0 bridgehead atoms. The number of nitrogens with two attached hydrogens (primary N) is 1. The summed E-state index contributed by atoms with van der Waals surface area (Å²) in [6.07, 6.45) is 2.58. The van der Waals surface area contributed by atoms with Crippen LogP contribution in [0.1, 0.15) is 41.4 Å². The van der Waals surface area contributed by atoms with E-state index >= 15 is 0 Å². The number of hydrogen-bond donors (Lipinski definition) is 2. The summed E-state index contributed by atoms with van der Waals surface area (Å²) in [4.78, 5) is 16.7. The lowest BCUT2D eigenvalue weighted by atomic mass is 9.71. The van der Waals surface area contributed by atoms with Gasteiger partial charge in [-0.15, -0.1) is 0 Å². The second kappa shape index (κ2) is 6.01. The van der Waals surface area contributed by atoms with E-state index in [1.807, 2.05) is 48.5 Å². The predicted octanol–water partition coefficient (Wildman–Crippen LogP) is 4.83. The van der Waals surface area contributed by atoms with Crippen molar-refractivity contribution in [2.45, 2.75) is 31.7 Å². The maximum atomic E-state index is 13.3. The molecule has 0 amide bonds. The summed E-state index contributed by atoms with van der Waals surface area (Å²) in [5.41, 5.74) is 9.41. The highest BCUT2D eigenvalue weighted by atomic mass is 35.5. The molecule has 0 fully saturated rings. The van der Waals surface area contributed by atoms with Crippen molar-refractivity contribution in [2.75, 3.05) is 0 Å². The van der Waals surface area contributed by atoms with Gasteiger partial charge >= 0.3 is 0 Å². The Morgan fingerprint density at radius 1 is 1.28 bits per heavy atom. The van der Waals surface area contributed by atoms with Gasteiger partial charge in [-0.25, -0.2) is 0 Å². The number of fused-ring (bicyclic) bond motifs is 3. The lowest BCUT2D eigenvalue weighted by Gasteiger charge is -2.36. The van der Waals surface area contributed by atoms with E-state index in [0.29, 0.717) is 22.9 Å². The number of carbonyl (C=O) groups is 1. The molecule has 1 aliphatic rings. The van der Waals surface area contributed by atoms with Crippen LogP contribution in [0.25, 0.3) is 10.9 Å². The Morgan fingerprint density at radius 3 is 2.76 bits per heavy atom. The molecular formula is C21H21ClN2O. The minimum absolute atomic E-state index is 0.0230. The highest BCUT2D eigenvalue weighted by molar-refractivity contribution is 6.31. The van der Waals surface area contributed by atoms with Crippen molar-refractivity contribution >= 4 is 28.3 Å². The van der Waals surface area contributed by atoms with E-state index in [2.05, 4.69) is 11.9 Å². The smallest absolute Gasteiger partial charge is 0.188 e. The number of Topliss-reactive ketones (excluding diaryl/α,β-unsaturated/α-hetero) is 1. The Hall–Kier alpha value is -2.10. The first kappa shape index (κ1) is 16.4. The molecule has 0 saturated carbocycles. The lowest BCUT2D eigenvalue weighted by molar-refractivity contribution is 0.0842. The third-order valence-corrected chi connectivity index (χ3v) is 5.67. The molecule has 2 unspecified atom stereocenters. The number of rotatable bonds is 3. The van der Waals surface area contributed by atoms with E-state index in [1.165, 1.54) is 0 Å². The largest absolute Gasteiger partial charge is 0.356 e. The Balaban J connectivity index is 1.92. The fourth-order valence-corrected chi connectivity index (χ4v) is 4.25. The number of nitrogens with one attached hydrogen (secondary N) is 1.